The summed E-state index contributed by atoms with van der Waals surface area (Å²) < 4.78 is 38.3. The first-order chi connectivity index (χ1) is 6.47. The Bertz CT molecular complexity index is 177. The Morgan fingerprint density at radius 1 is 1.36 bits per heavy atom. The molecule has 0 aromatic heterocycles. The van der Waals surface area contributed by atoms with Gasteiger partial charge in [0.15, 0.2) is 0 Å². The molecule has 2 nitrogen and oxygen atoms in total. The first-order valence-corrected chi connectivity index (χ1v) is 4.89. The van der Waals surface area contributed by atoms with Crippen LogP contribution in [0.15, 0.2) is 0 Å². The number of hydrogen-bond acceptors (Lipinski definition) is 2. The van der Waals surface area contributed by atoms with Gasteiger partial charge in [-0.05, 0) is 24.7 Å². The molecule has 0 radical (unpaired) electrons. The normalized spacial score (nSPS) is 19.7. The second kappa shape index (κ2) is 4.49. The van der Waals surface area contributed by atoms with Crippen molar-refractivity contribution in [3.8, 4) is 0 Å². The standard InChI is InChI=1S/C9H16F3NO/c1-2-8(3-4-8)7-13-5-6-14-9(10,11)12/h13H,2-7H2,1H3. The van der Waals surface area contributed by atoms with E-state index in [1.165, 1.54) is 12.8 Å². The summed E-state index contributed by atoms with van der Waals surface area (Å²) in [7, 11) is 0. The highest BCUT2D eigenvalue weighted by molar-refractivity contribution is 4.93. The molecule has 0 amide bonds. The number of hydrogen-bond donors (Lipinski definition) is 1. The zero-order valence-electron chi connectivity index (χ0n) is 8.28. The predicted molar refractivity (Wildman–Crippen MR) is 46.8 cm³/mol. The quantitative estimate of drug-likeness (QED) is 0.681. The van der Waals surface area contributed by atoms with E-state index in [-0.39, 0.29) is 13.2 Å². The summed E-state index contributed by atoms with van der Waals surface area (Å²) in [5, 5.41) is 2.99. The van der Waals surface area contributed by atoms with Crippen LogP contribution < -0.4 is 5.32 Å². The van der Waals surface area contributed by atoms with Gasteiger partial charge >= 0.3 is 6.36 Å². The second-order valence-corrected chi connectivity index (χ2v) is 3.82. The molecule has 0 heterocycles. The molecular formula is C9H16F3NO. The fourth-order valence-electron chi connectivity index (χ4n) is 1.42. The largest absolute Gasteiger partial charge is 0.522 e. The SMILES string of the molecule is CCC1(CNCCOC(F)(F)F)CC1. The van der Waals surface area contributed by atoms with Crippen LogP contribution in [0.1, 0.15) is 26.2 Å². The van der Waals surface area contributed by atoms with Crippen molar-refractivity contribution in [3.05, 3.63) is 0 Å². The van der Waals surface area contributed by atoms with E-state index in [4.69, 9.17) is 0 Å². The smallest absolute Gasteiger partial charge is 0.314 e. The van der Waals surface area contributed by atoms with Crippen molar-refractivity contribution in [1.82, 2.24) is 5.32 Å². The summed E-state index contributed by atoms with van der Waals surface area (Å²) in [4.78, 5) is 0. The fraction of sp³-hybridized carbons (Fsp3) is 1.00. The van der Waals surface area contributed by atoms with Crippen LogP contribution in [0.2, 0.25) is 0 Å². The van der Waals surface area contributed by atoms with Gasteiger partial charge in [-0.3, -0.25) is 4.74 Å². The molecule has 1 saturated carbocycles. The molecule has 0 unspecified atom stereocenters. The number of alkyl halides is 3. The molecule has 1 aliphatic carbocycles. The average molecular weight is 211 g/mol. The molecule has 1 aliphatic rings. The Hall–Kier alpha value is -0.290. The van der Waals surface area contributed by atoms with E-state index in [1.54, 1.807) is 0 Å². The van der Waals surface area contributed by atoms with E-state index in [1.807, 2.05) is 0 Å². The highest BCUT2D eigenvalue weighted by Crippen LogP contribution is 2.47. The zero-order valence-corrected chi connectivity index (χ0v) is 8.28. The Balaban J connectivity index is 1.95. The van der Waals surface area contributed by atoms with Gasteiger partial charge in [0.2, 0.25) is 0 Å². The van der Waals surface area contributed by atoms with Gasteiger partial charge in [-0.15, -0.1) is 13.2 Å². The molecule has 0 atom stereocenters. The third-order valence-electron chi connectivity index (χ3n) is 2.75. The molecule has 0 aromatic rings. The minimum Gasteiger partial charge on any atom is -0.314 e. The van der Waals surface area contributed by atoms with Crippen molar-refractivity contribution >= 4 is 0 Å². The molecular weight excluding hydrogens is 195 g/mol. The molecule has 0 spiro atoms. The highest BCUT2D eigenvalue weighted by atomic mass is 19.4. The van der Waals surface area contributed by atoms with Crippen molar-refractivity contribution in [2.45, 2.75) is 32.5 Å². The van der Waals surface area contributed by atoms with Gasteiger partial charge in [0.05, 0.1) is 6.61 Å². The summed E-state index contributed by atoms with van der Waals surface area (Å²) >= 11 is 0. The molecule has 0 saturated heterocycles. The molecule has 5 heteroatoms. The lowest BCUT2D eigenvalue weighted by Crippen LogP contribution is -2.29. The average Bonchev–Trinajstić information content (AvgIpc) is 2.83. The summed E-state index contributed by atoms with van der Waals surface area (Å²) in [6.45, 7) is 2.89. The van der Waals surface area contributed by atoms with Gasteiger partial charge in [-0.2, -0.15) is 0 Å². The van der Waals surface area contributed by atoms with E-state index < -0.39 is 6.36 Å². The number of halogens is 3. The van der Waals surface area contributed by atoms with Crippen molar-refractivity contribution in [3.63, 3.8) is 0 Å². The maximum absolute atomic E-state index is 11.5. The maximum Gasteiger partial charge on any atom is 0.522 e. The molecule has 14 heavy (non-hydrogen) atoms. The number of nitrogens with one attached hydrogen (secondary N) is 1. The first-order valence-electron chi connectivity index (χ1n) is 4.89. The third kappa shape index (κ3) is 4.28. The van der Waals surface area contributed by atoms with Crippen LogP contribution in [0, 0.1) is 5.41 Å². The maximum atomic E-state index is 11.5. The Labute approximate surface area is 81.8 Å². The van der Waals surface area contributed by atoms with E-state index in [9.17, 15) is 13.2 Å². The Morgan fingerprint density at radius 2 is 2.00 bits per heavy atom. The number of ether oxygens (including phenoxy) is 1. The van der Waals surface area contributed by atoms with Crippen LogP contribution in [0.4, 0.5) is 13.2 Å². The topological polar surface area (TPSA) is 21.3 Å². The van der Waals surface area contributed by atoms with E-state index in [0.717, 1.165) is 13.0 Å². The van der Waals surface area contributed by atoms with Crippen LogP contribution >= 0.6 is 0 Å². The van der Waals surface area contributed by atoms with Crippen LogP contribution in [0.3, 0.4) is 0 Å². The zero-order chi connectivity index (χ0) is 10.7. The van der Waals surface area contributed by atoms with Gasteiger partial charge in [-0.1, -0.05) is 6.92 Å². The van der Waals surface area contributed by atoms with Crippen molar-refractivity contribution in [2.24, 2.45) is 5.41 Å². The highest BCUT2D eigenvalue weighted by Gasteiger charge is 2.39. The van der Waals surface area contributed by atoms with Crippen LogP contribution in [-0.2, 0) is 4.74 Å². The van der Waals surface area contributed by atoms with E-state index in [0.29, 0.717) is 5.41 Å². The van der Waals surface area contributed by atoms with Gasteiger partial charge in [-0.25, -0.2) is 0 Å². The summed E-state index contributed by atoms with van der Waals surface area (Å²) in [5.74, 6) is 0. The van der Waals surface area contributed by atoms with Gasteiger partial charge in [0.25, 0.3) is 0 Å². The van der Waals surface area contributed by atoms with E-state index >= 15 is 0 Å². The second-order valence-electron chi connectivity index (χ2n) is 3.82. The lowest BCUT2D eigenvalue weighted by molar-refractivity contribution is -0.323. The Morgan fingerprint density at radius 3 is 2.43 bits per heavy atom. The third-order valence-corrected chi connectivity index (χ3v) is 2.75. The summed E-state index contributed by atoms with van der Waals surface area (Å²) in [5.41, 5.74) is 0.373. The lowest BCUT2D eigenvalue weighted by Gasteiger charge is -2.13. The lowest BCUT2D eigenvalue weighted by atomic mass is 10.0. The first kappa shape index (κ1) is 11.8. The molecule has 0 aromatic carbocycles. The molecule has 84 valence electrons. The van der Waals surface area contributed by atoms with Crippen molar-refractivity contribution < 1.29 is 17.9 Å². The molecule has 1 fully saturated rings. The molecule has 0 bridgehead atoms. The molecule has 1 rings (SSSR count). The molecule has 1 N–H and O–H groups in total. The number of rotatable bonds is 6. The van der Waals surface area contributed by atoms with Crippen molar-refractivity contribution in [1.29, 1.82) is 0 Å². The van der Waals surface area contributed by atoms with Crippen molar-refractivity contribution in [2.75, 3.05) is 19.7 Å². The van der Waals surface area contributed by atoms with Crippen LogP contribution in [0.5, 0.6) is 0 Å². The summed E-state index contributed by atoms with van der Waals surface area (Å²) in [6, 6.07) is 0. The fourth-order valence-corrected chi connectivity index (χ4v) is 1.42. The van der Waals surface area contributed by atoms with Gasteiger partial charge < -0.3 is 5.32 Å². The minimum absolute atomic E-state index is 0.265. The monoisotopic (exact) mass is 211 g/mol. The van der Waals surface area contributed by atoms with E-state index in [2.05, 4.69) is 17.0 Å². The molecule has 0 aliphatic heterocycles. The van der Waals surface area contributed by atoms with Crippen LogP contribution in [0.25, 0.3) is 0 Å². The Kier molecular flexibility index (Phi) is 3.78. The van der Waals surface area contributed by atoms with Crippen LogP contribution in [-0.4, -0.2) is 26.1 Å². The summed E-state index contributed by atoms with van der Waals surface area (Å²) in [6.07, 6.45) is -1.02. The predicted octanol–water partition coefficient (Wildman–Crippen LogP) is 2.30. The van der Waals surface area contributed by atoms with Gasteiger partial charge in [0, 0.05) is 13.1 Å². The minimum atomic E-state index is -4.50. The van der Waals surface area contributed by atoms with Gasteiger partial charge in [0.1, 0.15) is 0 Å².